The molecule has 0 radical (unpaired) electrons. The van der Waals surface area contributed by atoms with Crippen molar-refractivity contribution in [2.45, 2.75) is 64.2 Å². The Bertz CT molecular complexity index is 1900. The molecule has 1 atom stereocenters. The second-order valence-electron chi connectivity index (χ2n) is 13.0. The predicted molar refractivity (Wildman–Crippen MR) is 178 cm³/mol. The van der Waals surface area contributed by atoms with Crippen molar-refractivity contribution in [3.63, 3.8) is 0 Å². The molecule has 0 aliphatic heterocycles. The number of ether oxygens (including phenoxy) is 1. The van der Waals surface area contributed by atoms with Gasteiger partial charge in [0, 0.05) is 18.0 Å². The van der Waals surface area contributed by atoms with E-state index in [0.29, 0.717) is 29.1 Å². The molecule has 16 heteroatoms. The highest BCUT2D eigenvalue weighted by Crippen LogP contribution is 2.40. The van der Waals surface area contributed by atoms with Crippen LogP contribution < -0.4 is 16.1 Å². The van der Waals surface area contributed by atoms with E-state index in [0.717, 1.165) is 16.5 Å². The fourth-order valence-corrected chi connectivity index (χ4v) is 6.09. The Hall–Kier alpha value is -4.08. The van der Waals surface area contributed by atoms with Crippen LogP contribution in [0, 0.1) is 6.92 Å². The number of aryl methyl sites for hydroxylation is 1. The van der Waals surface area contributed by atoms with Crippen LogP contribution in [0.4, 0.5) is 26.3 Å². The van der Waals surface area contributed by atoms with Crippen molar-refractivity contribution in [2.75, 3.05) is 13.7 Å². The maximum atomic E-state index is 14.3. The number of methoxy groups -OCH3 is 1. The number of aromatic nitrogens is 3. The minimum absolute atomic E-state index is 0.0305. The molecule has 1 unspecified atom stereocenters. The number of hydrogen-bond donors (Lipinski definition) is 1. The average molecular weight is 728 g/mol. The summed E-state index contributed by atoms with van der Waals surface area (Å²) < 4.78 is 98.3. The Kier molecular flexibility index (Phi) is 10.5. The lowest BCUT2D eigenvalue weighted by Gasteiger charge is -2.37. The summed E-state index contributed by atoms with van der Waals surface area (Å²) in [5.74, 6) is 6.17. The number of hydrazone groups is 1. The lowest BCUT2D eigenvalue weighted by Crippen LogP contribution is -2.43. The van der Waals surface area contributed by atoms with Gasteiger partial charge in [-0.25, -0.2) is 4.98 Å². The molecule has 2 N–H and O–H groups in total. The molecule has 0 amide bonds. The lowest BCUT2D eigenvalue weighted by atomic mass is 9.98. The topological polar surface area (TPSA) is 96.7 Å². The van der Waals surface area contributed by atoms with Crippen LogP contribution in [0.15, 0.2) is 71.1 Å². The van der Waals surface area contributed by atoms with Crippen molar-refractivity contribution in [1.29, 1.82) is 0 Å². The van der Waals surface area contributed by atoms with Crippen LogP contribution in [0.2, 0.25) is 23.2 Å². The van der Waals surface area contributed by atoms with Gasteiger partial charge in [-0.1, -0.05) is 38.4 Å². The third kappa shape index (κ3) is 8.22. The van der Waals surface area contributed by atoms with E-state index in [4.69, 9.17) is 26.6 Å². The number of alkyl halides is 6. The van der Waals surface area contributed by atoms with Crippen molar-refractivity contribution >= 4 is 25.6 Å². The van der Waals surface area contributed by atoms with E-state index in [2.05, 4.69) is 10.1 Å². The molecule has 0 fully saturated rings. The summed E-state index contributed by atoms with van der Waals surface area (Å²) in [6.07, 6.45) is -5.74. The first-order valence-corrected chi connectivity index (χ1v) is 18.2. The fraction of sp³-hybridized carbons (Fsp3) is 0.364. The van der Waals surface area contributed by atoms with Crippen molar-refractivity contribution < 1.29 is 35.5 Å². The van der Waals surface area contributed by atoms with Gasteiger partial charge in [-0.05, 0) is 67.0 Å². The summed E-state index contributed by atoms with van der Waals surface area (Å²) in [6, 6.07) is 5.87. The molecule has 0 saturated heterocycles. The Balaban J connectivity index is 1.94. The highest BCUT2D eigenvalue weighted by atomic mass is 35.5. The second kappa shape index (κ2) is 13.7. The van der Waals surface area contributed by atoms with Gasteiger partial charge in [-0.2, -0.15) is 31.4 Å². The van der Waals surface area contributed by atoms with Crippen LogP contribution in [0.25, 0.3) is 5.69 Å². The fourth-order valence-electron chi connectivity index (χ4n) is 4.87. The van der Waals surface area contributed by atoms with E-state index in [1.165, 1.54) is 13.2 Å². The van der Waals surface area contributed by atoms with Crippen LogP contribution >= 0.6 is 11.6 Å². The molecule has 0 aliphatic rings. The Morgan fingerprint density at radius 3 is 2.10 bits per heavy atom. The number of halogens is 7. The molecule has 4 rings (SSSR count). The van der Waals surface area contributed by atoms with Crippen molar-refractivity contribution in [2.24, 2.45) is 10.9 Å². The number of imidazole rings is 1. The maximum absolute atomic E-state index is 14.3. The monoisotopic (exact) mass is 727 g/mol. The van der Waals surface area contributed by atoms with E-state index >= 15 is 0 Å². The first-order valence-electron chi connectivity index (χ1n) is 14.9. The third-order valence-corrected chi connectivity index (χ3v) is 13.3. The molecule has 2 aromatic carbocycles. The number of rotatable bonds is 9. The zero-order valence-corrected chi connectivity index (χ0v) is 29.6. The van der Waals surface area contributed by atoms with E-state index in [1.54, 1.807) is 35.3 Å². The SMILES string of the molecule is COc1cc(C(=NN)c2cc(Cl)cn(C(CO[Si](C)(C)C(C)(C)C)c3cc(C(F)(F)F)cc(C(F)(F)F)c3)c2=O)ccc1-n1cnc(C)c1. The van der Waals surface area contributed by atoms with Gasteiger partial charge in [0.2, 0.25) is 0 Å². The average Bonchev–Trinajstić information content (AvgIpc) is 3.43. The smallest absolute Gasteiger partial charge is 0.416 e. The first-order chi connectivity index (χ1) is 22.6. The van der Waals surface area contributed by atoms with Crippen LogP contribution in [0.3, 0.4) is 0 Å². The van der Waals surface area contributed by atoms with E-state index < -0.39 is 55.6 Å². The first kappa shape index (κ1) is 37.7. The van der Waals surface area contributed by atoms with Gasteiger partial charge in [0.05, 0.1) is 59.2 Å². The Morgan fingerprint density at radius 2 is 1.61 bits per heavy atom. The number of nitrogens with zero attached hydrogens (tertiary/aromatic N) is 4. The normalized spacial score (nSPS) is 13.9. The zero-order chi connectivity index (χ0) is 36.7. The Labute approximate surface area is 285 Å². The zero-order valence-electron chi connectivity index (χ0n) is 27.8. The summed E-state index contributed by atoms with van der Waals surface area (Å²) in [5, 5.41) is 3.40. The third-order valence-electron chi connectivity index (χ3n) is 8.58. The van der Waals surface area contributed by atoms with Gasteiger partial charge in [0.25, 0.3) is 5.56 Å². The minimum atomic E-state index is -5.12. The van der Waals surface area contributed by atoms with Gasteiger partial charge in [0.1, 0.15) is 11.5 Å². The molecule has 0 aliphatic carbocycles. The molecule has 0 spiro atoms. The number of hydrogen-bond acceptors (Lipinski definition) is 6. The highest BCUT2D eigenvalue weighted by molar-refractivity contribution is 6.74. The van der Waals surface area contributed by atoms with E-state index in [9.17, 15) is 31.1 Å². The van der Waals surface area contributed by atoms with Gasteiger partial charge in [0.15, 0.2) is 8.32 Å². The predicted octanol–water partition coefficient (Wildman–Crippen LogP) is 8.36. The molecule has 264 valence electrons. The van der Waals surface area contributed by atoms with E-state index in [1.807, 2.05) is 40.8 Å². The van der Waals surface area contributed by atoms with Crippen LogP contribution in [-0.4, -0.2) is 41.9 Å². The molecular weight excluding hydrogens is 692 g/mol. The van der Waals surface area contributed by atoms with Gasteiger partial charge < -0.3 is 24.1 Å². The van der Waals surface area contributed by atoms with Crippen LogP contribution in [-0.2, 0) is 16.8 Å². The minimum Gasteiger partial charge on any atom is -0.495 e. The maximum Gasteiger partial charge on any atom is 0.416 e. The van der Waals surface area contributed by atoms with Crippen molar-refractivity contribution in [3.05, 3.63) is 110 Å². The summed E-state index contributed by atoms with van der Waals surface area (Å²) in [7, 11) is -1.22. The molecule has 4 aromatic rings. The standard InChI is InChI=1S/C33H36ClF6N5O3Si/c1-19-15-44(18-42-19)26-9-8-20(12-28(26)47-5)29(43-41)25-14-24(34)16-45(30(25)46)27(17-48-49(6,7)31(2,3)4)21-10-22(32(35,36)37)13-23(11-21)33(38,39)40/h8-16,18,27H,17,41H2,1-7H3. The van der Waals surface area contributed by atoms with Gasteiger partial charge in [-0.15, -0.1) is 0 Å². The van der Waals surface area contributed by atoms with E-state index in [-0.39, 0.29) is 27.4 Å². The van der Waals surface area contributed by atoms with Gasteiger partial charge >= 0.3 is 12.4 Å². The molecule has 2 heterocycles. The molecule has 8 nitrogen and oxygen atoms in total. The van der Waals surface area contributed by atoms with Crippen LogP contribution in [0.1, 0.15) is 60.3 Å². The highest BCUT2D eigenvalue weighted by Gasteiger charge is 2.40. The molecular formula is C33H36ClF6N5O3Si. The van der Waals surface area contributed by atoms with Crippen LogP contribution in [0.5, 0.6) is 5.75 Å². The van der Waals surface area contributed by atoms with Crippen molar-refractivity contribution in [1.82, 2.24) is 14.1 Å². The molecule has 0 bridgehead atoms. The van der Waals surface area contributed by atoms with Crippen molar-refractivity contribution in [3.8, 4) is 11.4 Å². The Morgan fingerprint density at radius 1 is 1.00 bits per heavy atom. The largest absolute Gasteiger partial charge is 0.495 e. The number of nitrogens with two attached hydrogens (primary N) is 1. The molecule has 2 aromatic heterocycles. The summed E-state index contributed by atoms with van der Waals surface area (Å²) in [4.78, 5) is 18.5. The summed E-state index contributed by atoms with van der Waals surface area (Å²) in [5.41, 5.74) is -2.90. The summed E-state index contributed by atoms with van der Waals surface area (Å²) in [6.45, 7) is 10.9. The summed E-state index contributed by atoms with van der Waals surface area (Å²) >= 11 is 6.50. The number of pyridine rings is 1. The quantitative estimate of drug-likeness (QED) is 0.0615. The molecule has 49 heavy (non-hydrogen) atoms. The van der Waals surface area contributed by atoms with Gasteiger partial charge in [-0.3, -0.25) is 4.79 Å². The number of benzene rings is 2. The molecule has 0 saturated carbocycles. The second-order valence-corrected chi connectivity index (χ2v) is 18.2. The lowest BCUT2D eigenvalue weighted by molar-refractivity contribution is -0.143.